The van der Waals surface area contributed by atoms with Crippen molar-refractivity contribution < 1.29 is 4.79 Å². The zero-order valence-electron chi connectivity index (χ0n) is 14.3. The number of thiophene rings is 1. The van der Waals surface area contributed by atoms with E-state index >= 15 is 0 Å². The molecule has 3 rings (SSSR count). The van der Waals surface area contributed by atoms with E-state index in [9.17, 15) is 4.79 Å². The van der Waals surface area contributed by atoms with Crippen LogP contribution in [0.25, 0.3) is 0 Å². The van der Waals surface area contributed by atoms with Gasteiger partial charge in [0.05, 0.1) is 4.88 Å². The summed E-state index contributed by atoms with van der Waals surface area (Å²) in [5.41, 5.74) is 0. The highest BCUT2D eigenvalue weighted by Crippen LogP contribution is 2.29. The smallest absolute Gasteiger partial charge is 0.261 e. The Morgan fingerprint density at radius 3 is 2.78 bits per heavy atom. The second kappa shape index (κ2) is 7.77. The second-order valence-electron chi connectivity index (χ2n) is 7.13. The van der Waals surface area contributed by atoms with E-state index in [4.69, 9.17) is 0 Å². The van der Waals surface area contributed by atoms with Crippen molar-refractivity contribution in [2.24, 2.45) is 5.92 Å². The van der Waals surface area contributed by atoms with Gasteiger partial charge in [-0.2, -0.15) is 0 Å². The van der Waals surface area contributed by atoms with E-state index in [1.54, 1.807) is 11.3 Å². The molecule has 128 valence electrons. The Labute approximate surface area is 143 Å². The van der Waals surface area contributed by atoms with Gasteiger partial charge >= 0.3 is 0 Å². The summed E-state index contributed by atoms with van der Waals surface area (Å²) < 4.78 is 0. The molecule has 1 atom stereocenters. The lowest BCUT2D eigenvalue weighted by atomic mass is 9.96. The fourth-order valence-corrected chi connectivity index (χ4v) is 4.62. The van der Waals surface area contributed by atoms with Gasteiger partial charge in [-0.05, 0) is 77.2 Å². The Morgan fingerprint density at radius 1 is 1.35 bits per heavy atom. The van der Waals surface area contributed by atoms with Crippen LogP contribution in [-0.4, -0.2) is 43.0 Å². The minimum atomic E-state index is 0.102. The fourth-order valence-electron chi connectivity index (χ4n) is 3.59. The average Bonchev–Trinajstić information content (AvgIpc) is 3.23. The molecule has 5 heteroatoms. The van der Waals surface area contributed by atoms with Crippen LogP contribution in [0.1, 0.15) is 60.1 Å². The summed E-state index contributed by atoms with van der Waals surface area (Å²) in [7, 11) is 0. The molecule has 0 saturated carbocycles. The molecule has 2 saturated heterocycles. The van der Waals surface area contributed by atoms with Crippen LogP contribution in [0.15, 0.2) is 12.1 Å². The summed E-state index contributed by atoms with van der Waals surface area (Å²) in [6.07, 6.45) is 4.81. The summed E-state index contributed by atoms with van der Waals surface area (Å²) in [6, 6.07) is 5.20. The van der Waals surface area contributed by atoms with Gasteiger partial charge in [0, 0.05) is 23.5 Å². The van der Waals surface area contributed by atoms with Gasteiger partial charge in [-0.3, -0.25) is 4.79 Å². The number of nitrogens with zero attached hydrogens (tertiary/aromatic N) is 1. The van der Waals surface area contributed by atoms with E-state index in [1.807, 2.05) is 6.07 Å². The SMILES string of the molecule is CC(C)N1CCC(CNC(=O)c2ccc([C@@H]3CCCN3)s2)CC1. The molecule has 2 fully saturated rings. The predicted molar refractivity (Wildman–Crippen MR) is 96.1 cm³/mol. The highest BCUT2D eigenvalue weighted by Gasteiger charge is 2.22. The lowest BCUT2D eigenvalue weighted by molar-refractivity contribution is 0.0933. The molecular formula is C18H29N3OS. The molecule has 0 unspecified atom stereocenters. The standard InChI is InChI=1S/C18H29N3OS/c1-13(2)21-10-7-14(8-11-21)12-20-18(22)17-6-5-16(23-17)15-4-3-9-19-15/h5-6,13-15,19H,3-4,7-12H2,1-2H3,(H,20,22)/t15-/m0/s1. The first-order chi connectivity index (χ1) is 11.1. The summed E-state index contributed by atoms with van der Waals surface area (Å²) in [5.74, 6) is 0.732. The van der Waals surface area contributed by atoms with Gasteiger partial charge in [0.2, 0.25) is 0 Å². The normalized spacial score (nSPS) is 23.5. The molecule has 23 heavy (non-hydrogen) atoms. The Hall–Kier alpha value is -0.910. The lowest BCUT2D eigenvalue weighted by Gasteiger charge is -2.34. The molecule has 2 aliphatic heterocycles. The van der Waals surface area contributed by atoms with Crippen LogP contribution in [0, 0.1) is 5.92 Å². The van der Waals surface area contributed by atoms with Crippen LogP contribution >= 0.6 is 11.3 Å². The minimum absolute atomic E-state index is 0.102. The van der Waals surface area contributed by atoms with Crippen LogP contribution in [0.2, 0.25) is 0 Å². The van der Waals surface area contributed by atoms with E-state index in [1.165, 1.54) is 30.6 Å². The molecule has 0 bridgehead atoms. The first kappa shape index (κ1) is 16.9. The number of carbonyl (C=O) groups is 1. The van der Waals surface area contributed by atoms with Gasteiger partial charge in [0.25, 0.3) is 5.91 Å². The van der Waals surface area contributed by atoms with Crippen molar-refractivity contribution in [2.75, 3.05) is 26.2 Å². The predicted octanol–water partition coefficient (Wildman–Crippen LogP) is 3.02. The zero-order valence-corrected chi connectivity index (χ0v) is 15.1. The van der Waals surface area contributed by atoms with Crippen LogP contribution in [0.3, 0.4) is 0 Å². The number of likely N-dealkylation sites (tertiary alicyclic amines) is 1. The number of piperidine rings is 1. The van der Waals surface area contributed by atoms with Gasteiger partial charge in [0.15, 0.2) is 0 Å². The third-order valence-corrected chi connectivity index (χ3v) is 6.38. The Kier molecular flexibility index (Phi) is 5.72. The van der Waals surface area contributed by atoms with Crippen LogP contribution < -0.4 is 10.6 Å². The number of hydrogen-bond acceptors (Lipinski definition) is 4. The van der Waals surface area contributed by atoms with Gasteiger partial charge in [-0.1, -0.05) is 0 Å². The highest BCUT2D eigenvalue weighted by atomic mass is 32.1. The van der Waals surface area contributed by atoms with Gasteiger partial charge < -0.3 is 15.5 Å². The first-order valence-corrected chi connectivity index (χ1v) is 9.80. The molecule has 2 N–H and O–H groups in total. The molecule has 1 aromatic heterocycles. The molecule has 3 heterocycles. The maximum Gasteiger partial charge on any atom is 0.261 e. The summed E-state index contributed by atoms with van der Waals surface area (Å²) in [5, 5.41) is 6.65. The van der Waals surface area contributed by atoms with Crippen molar-refractivity contribution in [2.45, 2.75) is 51.6 Å². The van der Waals surface area contributed by atoms with E-state index in [-0.39, 0.29) is 5.91 Å². The van der Waals surface area contributed by atoms with Gasteiger partial charge in [-0.15, -0.1) is 11.3 Å². The fraction of sp³-hybridized carbons (Fsp3) is 0.722. The van der Waals surface area contributed by atoms with Crippen LogP contribution in [0.4, 0.5) is 0 Å². The molecule has 4 nitrogen and oxygen atoms in total. The van der Waals surface area contributed by atoms with Gasteiger partial charge in [-0.25, -0.2) is 0 Å². The molecule has 2 aliphatic rings. The van der Waals surface area contributed by atoms with Crippen molar-refractivity contribution in [3.63, 3.8) is 0 Å². The van der Waals surface area contributed by atoms with Crippen molar-refractivity contribution in [1.82, 2.24) is 15.5 Å². The zero-order chi connectivity index (χ0) is 16.2. The van der Waals surface area contributed by atoms with E-state index < -0.39 is 0 Å². The number of rotatable bonds is 5. The van der Waals surface area contributed by atoms with Crippen molar-refractivity contribution in [3.8, 4) is 0 Å². The van der Waals surface area contributed by atoms with Crippen molar-refractivity contribution >= 4 is 17.2 Å². The summed E-state index contributed by atoms with van der Waals surface area (Å²) >= 11 is 1.65. The van der Waals surface area contributed by atoms with Crippen LogP contribution in [-0.2, 0) is 0 Å². The number of nitrogens with one attached hydrogen (secondary N) is 2. The largest absolute Gasteiger partial charge is 0.351 e. The summed E-state index contributed by atoms with van der Waals surface area (Å²) in [6.45, 7) is 8.76. The molecule has 1 amide bonds. The number of hydrogen-bond donors (Lipinski definition) is 2. The Balaban J connectivity index is 1.44. The molecule has 0 aromatic carbocycles. The monoisotopic (exact) mass is 335 g/mol. The van der Waals surface area contributed by atoms with E-state index in [2.05, 4.69) is 35.4 Å². The topological polar surface area (TPSA) is 44.4 Å². The van der Waals surface area contributed by atoms with Crippen molar-refractivity contribution in [3.05, 3.63) is 21.9 Å². The Bertz CT molecular complexity index is 514. The van der Waals surface area contributed by atoms with E-state index in [0.717, 1.165) is 31.1 Å². The van der Waals surface area contributed by atoms with Crippen molar-refractivity contribution in [1.29, 1.82) is 0 Å². The van der Waals surface area contributed by atoms with E-state index in [0.29, 0.717) is 18.0 Å². The Morgan fingerprint density at radius 2 is 2.13 bits per heavy atom. The first-order valence-electron chi connectivity index (χ1n) is 8.99. The number of carbonyl (C=O) groups excluding carboxylic acids is 1. The maximum absolute atomic E-state index is 12.4. The van der Waals surface area contributed by atoms with Crippen LogP contribution in [0.5, 0.6) is 0 Å². The van der Waals surface area contributed by atoms with Gasteiger partial charge in [0.1, 0.15) is 0 Å². The average molecular weight is 336 g/mol. The molecular weight excluding hydrogens is 306 g/mol. The number of amides is 1. The third-order valence-electron chi connectivity index (χ3n) is 5.19. The minimum Gasteiger partial charge on any atom is -0.351 e. The lowest BCUT2D eigenvalue weighted by Crippen LogP contribution is -2.41. The maximum atomic E-state index is 12.4. The third kappa shape index (κ3) is 4.34. The highest BCUT2D eigenvalue weighted by molar-refractivity contribution is 7.14. The molecule has 0 aliphatic carbocycles. The molecule has 1 aromatic rings. The molecule has 0 radical (unpaired) electrons. The summed E-state index contributed by atoms with van der Waals surface area (Å²) in [4.78, 5) is 17.0. The second-order valence-corrected chi connectivity index (χ2v) is 8.25. The quantitative estimate of drug-likeness (QED) is 0.869. The molecule has 0 spiro atoms.